The van der Waals surface area contributed by atoms with E-state index in [9.17, 15) is 14.3 Å². The highest BCUT2D eigenvalue weighted by Gasteiger charge is 2.30. The van der Waals surface area contributed by atoms with Crippen LogP contribution in [0.2, 0.25) is 0 Å². The molecule has 0 aromatic heterocycles. The topological polar surface area (TPSA) is 40.5 Å². The largest absolute Gasteiger partial charge is 0.507 e. The Morgan fingerprint density at radius 3 is 3.00 bits per heavy atom. The van der Waals surface area contributed by atoms with Gasteiger partial charge in [0, 0.05) is 24.0 Å². The molecule has 104 valence electrons. The molecule has 0 bridgehead atoms. The van der Waals surface area contributed by atoms with Crippen LogP contribution in [0, 0.1) is 5.82 Å². The molecule has 0 radical (unpaired) electrons. The number of nitrogens with zero attached hydrogens (tertiary/aromatic N) is 1. The van der Waals surface area contributed by atoms with E-state index in [0.29, 0.717) is 6.54 Å². The van der Waals surface area contributed by atoms with E-state index in [0.717, 1.165) is 37.1 Å². The van der Waals surface area contributed by atoms with Crippen LogP contribution >= 0.6 is 15.9 Å². The van der Waals surface area contributed by atoms with E-state index in [1.807, 2.05) is 0 Å². The summed E-state index contributed by atoms with van der Waals surface area (Å²) in [6.45, 7) is 0.711. The second kappa shape index (κ2) is 6.37. The lowest BCUT2D eigenvalue weighted by Gasteiger charge is -2.25. The molecular weight excluding hydrogens is 313 g/mol. The Balaban J connectivity index is 2.13. The quantitative estimate of drug-likeness (QED) is 0.861. The van der Waals surface area contributed by atoms with Crippen molar-refractivity contribution >= 4 is 21.8 Å². The lowest BCUT2D eigenvalue weighted by atomic mass is 10.1. The van der Waals surface area contributed by atoms with Gasteiger partial charge in [0.1, 0.15) is 11.6 Å². The Hall–Kier alpha value is -1.10. The Bertz CT molecular complexity index is 467. The fraction of sp³-hybridized carbons (Fsp3) is 0.500. The molecule has 1 unspecified atom stereocenters. The summed E-state index contributed by atoms with van der Waals surface area (Å²) in [7, 11) is 0. The van der Waals surface area contributed by atoms with Crippen LogP contribution in [0.1, 0.15) is 36.0 Å². The maximum absolute atomic E-state index is 12.9. The van der Waals surface area contributed by atoms with E-state index in [1.54, 1.807) is 4.90 Å². The number of phenolic OH excluding ortho intramolecular Hbond substituents is 1. The molecule has 3 nitrogen and oxygen atoms in total. The SMILES string of the molecule is O=C(c1ccc(F)cc1O)N1CCCC1CCCBr. The van der Waals surface area contributed by atoms with Crippen LogP contribution in [0.25, 0.3) is 0 Å². The Kier molecular flexibility index (Phi) is 4.80. The van der Waals surface area contributed by atoms with Crippen LogP contribution in [0.4, 0.5) is 4.39 Å². The first-order valence-corrected chi connectivity index (χ1v) is 7.61. The van der Waals surface area contributed by atoms with Gasteiger partial charge in [-0.05, 0) is 37.8 Å². The minimum atomic E-state index is -0.536. The number of hydrogen-bond donors (Lipinski definition) is 1. The van der Waals surface area contributed by atoms with Crippen LogP contribution in [-0.4, -0.2) is 33.8 Å². The Morgan fingerprint density at radius 2 is 2.32 bits per heavy atom. The van der Waals surface area contributed by atoms with E-state index in [2.05, 4.69) is 15.9 Å². The molecule has 19 heavy (non-hydrogen) atoms. The highest BCUT2D eigenvalue weighted by molar-refractivity contribution is 9.09. The van der Waals surface area contributed by atoms with Crippen molar-refractivity contribution in [1.29, 1.82) is 0 Å². The van der Waals surface area contributed by atoms with Gasteiger partial charge in [-0.3, -0.25) is 4.79 Å². The molecule has 1 aliphatic heterocycles. The Labute approximate surface area is 120 Å². The minimum absolute atomic E-state index is 0.187. The van der Waals surface area contributed by atoms with Gasteiger partial charge in [-0.2, -0.15) is 0 Å². The van der Waals surface area contributed by atoms with Crippen molar-refractivity contribution < 1.29 is 14.3 Å². The summed E-state index contributed by atoms with van der Waals surface area (Å²) < 4.78 is 12.9. The highest BCUT2D eigenvalue weighted by atomic mass is 79.9. The van der Waals surface area contributed by atoms with Gasteiger partial charge in [0.2, 0.25) is 0 Å². The molecule has 1 saturated heterocycles. The van der Waals surface area contributed by atoms with Gasteiger partial charge in [-0.1, -0.05) is 15.9 Å². The first-order valence-electron chi connectivity index (χ1n) is 6.49. The Morgan fingerprint density at radius 1 is 1.53 bits per heavy atom. The summed E-state index contributed by atoms with van der Waals surface area (Å²) in [4.78, 5) is 14.2. The molecule has 1 aliphatic rings. The molecule has 1 fully saturated rings. The van der Waals surface area contributed by atoms with Gasteiger partial charge in [-0.15, -0.1) is 0 Å². The van der Waals surface area contributed by atoms with Gasteiger partial charge >= 0.3 is 0 Å². The van der Waals surface area contributed by atoms with Crippen molar-refractivity contribution in [3.8, 4) is 5.75 Å². The lowest BCUT2D eigenvalue weighted by Crippen LogP contribution is -2.35. The predicted molar refractivity (Wildman–Crippen MR) is 75.2 cm³/mol. The number of carbonyl (C=O) groups is 1. The van der Waals surface area contributed by atoms with Crippen LogP contribution in [0.3, 0.4) is 0 Å². The maximum atomic E-state index is 12.9. The molecule has 5 heteroatoms. The smallest absolute Gasteiger partial charge is 0.257 e. The molecule has 2 rings (SSSR count). The number of likely N-dealkylation sites (tertiary alicyclic amines) is 1. The average Bonchev–Trinajstić information content (AvgIpc) is 2.83. The zero-order valence-corrected chi connectivity index (χ0v) is 12.2. The molecule has 1 heterocycles. The molecule has 0 aliphatic carbocycles. The fourth-order valence-electron chi connectivity index (χ4n) is 2.56. The first-order chi connectivity index (χ1) is 9.13. The molecule has 0 spiro atoms. The molecule has 1 aromatic carbocycles. The second-order valence-corrected chi connectivity index (χ2v) is 5.58. The third-order valence-corrected chi connectivity index (χ3v) is 4.06. The summed E-state index contributed by atoms with van der Waals surface area (Å²) in [5, 5.41) is 10.6. The third-order valence-electron chi connectivity index (χ3n) is 3.50. The zero-order valence-electron chi connectivity index (χ0n) is 10.6. The standard InChI is InChI=1S/C14H17BrFNO2/c15-7-1-3-11-4-2-8-17(11)14(19)12-6-5-10(16)9-13(12)18/h5-6,9,11,18H,1-4,7-8H2. The van der Waals surface area contributed by atoms with E-state index in [-0.39, 0.29) is 23.3 Å². The summed E-state index contributed by atoms with van der Waals surface area (Å²) >= 11 is 3.39. The molecule has 0 saturated carbocycles. The van der Waals surface area contributed by atoms with Gasteiger partial charge in [0.25, 0.3) is 5.91 Å². The van der Waals surface area contributed by atoms with Crippen LogP contribution in [-0.2, 0) is 0 Å². The maximum Gasteiger partial charge on any atom is 0.257 e. The number of carbonyl (C=O) groups excluding carboxylic acids is 1. The number of alkyl halides is 1. The molecular formula is C14H17BrFNO2. The predicted octanol–water partition coefficient (Wildman–Crippen LogP) is 3.31. The number of aromatic hydroxyl groups is 1. The molecule has 1 amide bonds. The number of hydrogen-bond acceptors (Lipinski definition) is 2. The normalized spacial score (nSPS) is 18.8. The van der Waals surface area contributed by atoms with Crippen molar-refractivity contribution in [2.45, 2.75) is 31.7 Å². The van der Waals surface area contributed by atoms with Crippen molar-refractivity contribution in [3.05, 3.63) is 29.6 Å². The number of halogens is 2. The summed E-state index contributed by atoms with van der Waals surface area (Å²) in [5.74, 6) is -1.02. The van der Waals surface area contributed by atoms with Crippen LogP contribution in [0.15, 0.2) is 18.2 Å². The van der Waals surface area contributed by atoms with Crippen molar-refractivity contribution in [1.82, 2.24) is 4.90 Å². The van der Waals surface area contributed by atoms with Gasteiger partial charge in [0.05, 0.1) is 5.56 Å². The van der Waals surface area contributed by atoms with Gasteiger partial charge in [0.15, 0.2) is 0 Å². The van der Waals surface area contributed by atoms with E-state index in [1.165, 1.54) is 12.1 Å². The number of benzene rings is 1. The minimum Gasteiger partial charge on any atom is -0.507 e. The monoisotopic (exact) mass is 329 g/mol. The first kappa shape index (κ1) is 14.3. The summed E-state index contributed by atoms with van der Waals surface area (Å²) in [6.07, 6.45) is 3.96. The van der Waals surface area contributed by atoms with Crippen LogP contribution in [0.5, 0.6) is 5.75 Å². The highest BCUT2D eigenvalue weighted by Crippen LogP contribution is 2.27. The average molecular weight is 330 g/mol. The summed E-state index contributed by atoms with van der Waals surface area (Å²) in [6, 6.07) is 3.77. The van der Waals surface area contributed by atoms with Crippen molar-refractivity contribution in [2.24, 2.45) is 0 Å². The second-order valence-electron chi connectivity index (χ2n) is 4.79. The molecule has 1 aromatic rings. The number of phenols is 1. The molecule has 1 N–H and O–H groups in total. The van der Waals surface area contributed by atoms with E-state index in [4.69, 9.17) is 0 Å². The number of rotatable bonds is 4. The summed E-state index contributed by atoms with van der Waals surface area (Å²) in [5.41, 5.74) is 0.187. The van der Waals surface area contributed by atoms with Crippen LogP contribution < -0.4 is 0 Å². The van der Waals surface area contributed by atoms with Gasteiger partial charge < -0.3 is 10.0 Å². The lowest BCUT2D eigenvalue weighted by molar-refractivity contribution is 0.0727. The van der Waals surface area contributed by atoms with Gasteiger partial charge in [-0.25, -0.2) is 4.39 Å². The van der Waals surface area contributed by atoms with E-state index < -0.39 is 5.82 Å². The van der Waals surface area contributed by atoms with Crippen molar-refractivity contribution in [3.63, 3.8) is 0 Å². The molecule has 1 atom stereocenters. The van der Waals surface area contributed by atoms with Crippen molar-refractivity contribution in [2.75, 3.05) is 11.9 Å². The number of amides is 1. The van der Waals surface area contributed by atoms with E-state index >= 15 is 0 Å². The zero-order chi connectivity index (χ0) is 13.8. The third kappa shape index (κ3) is 3.26. The fourth-order valence-corrected chi connectivity index (χ4v) is 2.88.